The highest BCUT2D eigenvalue weighted by Crippen LogP contribution is 2.34. The summed E-state index contributed by atoms with van der Waals surface area (Å²) in [4.78, 5) is 14.0. The van der Waals surface area contributed by atoms with Gasteiger partial charge in [0.15, 0.2) is 5.65 Å². The molecule has 0 amide bonds. The van der Waals surface area contributed by atoms with Gasteiger partial charge in [-0.05, 0) is 38.1 Å². The van der Waals surface area contributed by atoms with E-state index in [0.29, 0.717) is 28.1 Å². The first-order valence-corrected chi connectivity index (χ1v) is 8.45. The van der Waals surface area contributed by atoms with Crippen molar-refractivity contribution in [3.63, 3.8) is 0 Å². The quantitative estimate of drug-likeness (QED) is 0.541. The van der Waals surface area contributed by atoms with E-state index in [2.05, 4.69) is 9.97 Å². The highest BCUT2D eigenvalue weighted by atomic mass is 35.5. The summed E-state index contributed by atoms with van der Waals surface area (Å²) in [6.45, 7) is 3.92. The summed E-state index contributed by atoms with van der Waals surface area (Å²) < 4.78 is 12.5. The molecule has 0 saturated carbocycles. The highest BCUT2D eigenvalue weighted by Gasteiger charge is 2.19. The Morgan fingerprint density at radius 1 is 0.923 bits per heavy atom. The molecule has 4 aromatic rings. The van der Waals surface area contributed by atoms with Gasteiger partial charge < -0.3 is 9.47 Å². The van der Waals surface area contributed by atoms with Crippen molar-refractivity contribution in [2.24, 2.45) is 0 Å². The number of nitrogens with zero attached hydrogens (tertiary/aromatic N) is 4. The number of hydrogen-bond donors (Lipinski definition) is 0. The lowest BCUT2D eigenvalue weighted by molar-refractivity contribution is 0.399. The number of halogens is 1. The van der Waals surface area contributed by atoms with E-state index in [1.807, 2.05) is 36.4 Å². The maximum atomic E-state index is 6.51. The van der Waals surface area contributed by atoms with Gasteiger partial charge in [0.25, 0.3) is 0 Å². The first kappa shape index (κ1) is 16.6. The Bertz CT molecular complexity index is 1150. The molecule has 0 unspecified atom stereocenters. The summed E-state index contributed by atoms with van der Waals surface area (Å²) in [6, 6.07) is 9.23. The second-order valence-corrected chi connectivity index (χ2v) is 6.35. The molecule has 3 heterocycles. The molecule has 0 spiro atoms. The lowest BCUT2D eigenvalue weighted by Crippen LogP contribution is -2.01. The molecule has 0 radical (unpaired) electrons. The number of rotatable bonds is 3. The summed E-state index contributed by atoms with van der Waals surface area (Å²) >= 11 is 6.51. The van der Waals surface area contributed by atoms with Crippen LogP contribution in [0.5, 0.6) is 11.6 Å². The van der Waals surface area contributed by atoms with Crippen molar-refractivity contribution in [3.05, 3.63) is 46.7 Å². The summed E-state index contributed by atoms with van der Waals surface area (Å²) in [5, 5.41) is 0.557. The highest BCUT2D eigenvalue weighted by molar-refractivity contribution is 6.33. The standard InChI is InChI=1S/C19H17ClN4O2/c1-10-17-11(2)22-18(13-6-5-12(25-3)9-14(13)20)24(17)19-15(21-10)7-8-16(23-19)26-4/h5-9H,1-4H3. The van der Waals surface area contributed by atoms with Crippen LogP contribution in [0.15, 0.2) is 30.3 Å². The monoisotopic (exact) mass is 368 g/mol. The van der Waals surface area contributed by atoms with Gasteiger partial charge in [-0.25, -0.2) is 9.97 Å². The summed E-state index contributed by atoms with van der Waals surface area (Å²) in [7, 11) is 3.20. The molecule has 7 heteroatoms. The number of aromatic nitrogens is 4. The number of methoxy groups -OCH3 is 2. The van der Waals surface area contributed by atoms with Gasteiger partial charge >= 0.3 is 0 Å². The Balaban J connectivity index is 2.13. The molecule has 0 bridgehead atoms. The van der Waals surface area contributed by atoms with Crippen LogP contribution in [0.3, 0.4) is 0 Å². The van der Waals surface area contributed by atoms with Crippen molar-refractivity contribution in [2.75, 3.05) is 14.2 Å². The van der Waals surface area contributed by atoms with E-state index in [4.69, 9.17) is 26.1 Å². The van der Waals surface area contributed by atoms with Crippen LogP contribution in [0.25, 0.3) is 28.1 Å². The van der Waals surface area contributed by atoms with Gasteiger partial charge in [-0.1, -0.05) is 11.6 Å². The Morgan fingerprint density at radius 2 is 1.69 bits per heavy atom. The van der Waals surface area contributed by atoms with Gasteiger partial charge in [-0.15, -0.1) is 0 Å². The largest absolute Gasteiger partial charge is 0.497 e. The fourth-order valence-corrected chi connectivity index (χ4v) is 3.42. The number of imidazole rings is 1. The van der Waals surface area contributed by atoms with E-state index >= 15 is 0 Å². The van der Waals surface area contributed by atoms with Crippen LogP contribution in [0.4, 0.5) is 0 Å². The molecular formula is C19H17ClN4O2. The smallest absolute Gasteiger partial charge is 0.215 e. The number of fused-ring (bicyclic) bond motifs is 3. The van der Waals surface area contributed by atoms with Crippen molar-refractivity contribution >= 4 is 28.3 Å². The maximum Gasteiger partial charge on any atom is 0.215 e. The van der Waals surface area contributed by atoms with Gasteiger partial charge in [0, 0.05) is 11.6 Å². The Morgan fingerprint density at radius 3 is 2.38 bits per heavy atom. The Labute approximate surface area is 155 Å². The topological polar surface area (TPSA) is 61.5 Å². The third-order valence-electron chi connectivity index (χ3n) is 4.35. The van der Waals surface area contributed by atoms with Crippen molar-refractivity contribution in [1.29, 1.82) is 0 Å². The van der Waals surface area contributed by atoms with Crippen LogP contribution in [-0.2, 0) is 0 Å². The second-order valence-electron chi connectivity index (χ2n) is 5.94. The molecule has 1 aromatic carbocycles. The zero-order chi connectivity index (χ0) is 18.4. The molecule has 3 aromatic heterocycles. The lowest BCUT2D eigenvalue weighted by Gasteiger charge is -2.10. The van der Waals surface area contributed by atoms with Crippen molar-refractivity contribution < 1.29 is 9.47 Å². The van der Waals surface area contributed by atoms with Crippen LogP contribution in [-0.4, -0.2) is 33.6 Å². The van der Waals surface area contributed by atoms with E-state index in [0.717, 1.165) is 28.0 Å². The number of aryl methyl sites for hydroxylation is 2. The van der Waals surface area contributed by atoms with Crippen LogP contribution >= 0.6 is 11.6 Å². The maximum absolute atomic E-state index is 6.51. The van der Waals surface area contributed by atoms with E-state index in [1.54, 1.807) is 26.4 Å². The third-order valence-corrected chi connectivity index (χ3v) is 4.66. The van der Waals surface area contributed by atoms with Gasteiger partial charge in [0.2, 0.25) is 5.88 Å². The Kier molecular flexibility index (Phi) is 3.92. The summed E-state index contributed by atoms with van der Waals surface area (Å²) in [5.41, 5.74) is 4.90. The lowest BCUT2D eigenvalue weighted by atomic mass is 10.2. The van der Waals surface area contributed by atoms with Crippen molar-refractivity contribution in [2.45, 2.75) is 13.8 Å². The molecule has 0 saturated heterocycles. The first-order valence-electron chi connectivity index (χ1n) is 8.07. The number of ether oxygens (including phenoxy) is 2. The van der Waals surface area contributed by atoms with Crippen LogP contribution in [0.1, 0.15) is 11.4 Å². The number of pyridine rings is 1. The summed E-state index contributed by atoms with van der Waals surface area (Å²) in [5.74, 6) is 1.92. The van der Waals surface area contributed by atoms with Gasteiger partial charge in [0.05, 0.1) is 36.1 Å². The zero-order valence-electron chi connectivity index (χ0n) is 14.9. The Hall–Kier alpha value is -2.86. The molecular weight excluding hydrogens is 352 g/mol. The molecule has 26 heavy (non-hydrogen) atoms. The molecule has 0 atom stereocenters. The SMILES string of the molecule is COc1ccc(-c2nc(C)c3c(C)nc4ccc(OC)nc4n23)c(Cl)c1. The van der Waals surface area contributed by atoms with Crippen LogP contribution in [0, 0.1) is 13.8 Å². The average molecular weight is 369 g/mol. The normalized spacial score (nSPS) is 11.3. The van der Waals surface area contributed by atoms with E-state index in [9.17, 15) is 0 Å². The predicted molar refractivity (Wildman–Crippen MR) is 101 cm³/mol. The molecule has 0 N–H and O–H groups in total. The van der Waals surface area contributed by atoms with Gasteiger partial charge in [0.1, 0.15) is 17.1 Å². The molecule has 0 fully saturated rings. The van der Waals surface area contributed by atoms with Crippen LogP contribution < -0.4 is 9.47 Å². The van der Waals surface area contributed by atoms with Crippen molar-refractivity contribution in [3.8, 4) is 23.0 Å². The van der Waals surface area contributed by atoms with Crippen molar-refractivity contribution in [1.82, 2.24) is 19.4 Å². The average Bonchev–Trinajstić information content (AvgIpc) is 2.99. The minimum Gasteiger partial charge on any atom is -0.497 e. The third kappa shape index (κ3) is 2.45. The van der Waals surface area contributed by atoms with Gasteiger partial charge in [-0.3, -0.25) is 4.40 Å². The number of hydrogen-bond acceptors (Lipinski definition) is 5. The predicted octanol–water partition coefficient (Wildman–Crippen LogP) is 4.23. The van der Waals surface area contributed by atoms with E-state index in [1.165, 1.54) is 0 Å². The second kappa shape index (κ2) is 6.14. The molecule has 0 aliphatic rings. The van der Waals surface area contributed by atoms with E-state index < -0.39 is 0 Å². The molecule has 6 nitrogen and oxygen atoms in total. The van der Waals surface area contributed by atoms with E-state index in [-0.39, 0.29) is 0 Å². The minimum atomic E-state index is 0.516. The fourth-order valence-electron chi connectivity index (χ4n) is 3.17. The molecule has 0 aliphatic carbocycles. The van der Waals surface area contributed by atoms with Gasteiger partial charge in [-0.2, -0.15) is 4.98 Å². The molecule has 4 rings (SSSR count). The zero-order valence-corrected chi connectivity index (χ0v) is 15.6. The number of benzene rings is 1. The molecule has 0 aliphatic heterocycles. The van der Waals surface area contributed by atoms with Crippen LogP contribution in [0.2, 0.25) is 5.02 Å². The fraction of sp³-hybridized carbons (Fsp3) is 0.211. The first-order chi connectivity index (χ1) is 12.5. The summed E-state index contributed by atoms with van der Waals surface area (Å²) in [6.07, 6.45) is 0. The molecule has 132 valence electrons. The minimum absolute atomic E-state index is 0.516.